The van der Waals surface area contributed by atoms with Gasteiger partial charge in [0.1, 0.15) is 0 Å². The van der Waals surface area contributed by atoms with Crippen LogP contribution in [0.5, 0.6) is 0 Å². The van der Waals surface area contributed by atoms with E-state index in [9.17, 15) is 8.42 Å². The Balaban J connectivity index is 2.41. The molecule has 1 rings (SSSR count). The van der Waals surface area contributed by atoms with Crippen LogP contribution in [0.1, 0.15) is 46.6 Å². The number of guanidine groups is 1. The Labute approximate surface area is 177 Å². The van der Waals surface area contributed by atoms with Crippen molar-refractivity contribution in [3.8, 4) is 0 Å². The van der Waals surface area contributed by atoms with E-state index < -0.39 is 10.0 Å². The van der Waals surface area contributed by atoms with E-state index in [0.717, 1.165) is 25.1 Å². The summed E-state index contributed by atoms with van der Waals surface area (Å²) in [7, 11) is -3.35. The predicted molar refractivity (Wildman–Crippen MR) is 123 cm³/mol. The molecule has 0 saturated heterocycles. The van der Waals surface area contributed by atoms with E-state index in [1.807, 2.05) is 37.3 Å². The van der Waals surface area contributed by atoms with E-state index in [2.05, 4.69) is 52.9 Å². The Hall–Kier alpha value is -1.64. The van der Waals surface area contributed by atoms with Crippen molar-refractivity contribution in [1.29, 1.82) is 0 Å². The second kappa shape index (κ2) is 13.6. The Kier molecular flexibility index (Phi) is 11.9. The van der Waals surface area contributed by atoms with Crippen LogP contribution in [0, 0.1) is 0 Å². The lowest BCUT2D eigenvalue weighted by Gasteiger charge is -2.30. The van der Waals surface area contributed by atoms with E-state index >= 15 is 0 Å². The topological polar surface area (TPSA) is 85.8 Å². The molecule has 0 radical (unpaired) electrons. The van der Waals surface area contributed by atoms with Crippen LogP contribution < -0.4 is 15.4 Å². The van der Waals surface area contributed by atoms with Crippen LogP contribution in [0.3, 0.4) is 0 Å². The van der Waals surface area contributed by atoms with Gasteiger partial charge in [-0.25, -0.2) is 13.1 Å². The van der Waals surface area contributed by atoms with Crippen molar-refractivity contribution in [3.05, 3.63) is 35.9 Å². The van der Waals surface area contributed by atoms with Crippen LogP contribution in [-0.2, 0) is 16.6 Å². The average Bonchev–Trinajstić information content (AvgIpc) is 2.66. The molecule has 3 N–H and O–H groups in total. The van der Waals surface area contributed by atoms with Crippen LogP contribution in [-0.4, -0.2) is 63.3 Å². The molecule has 0 heterocycles. The number of sulfonamides is 1. The van der Waals surface area contributed by atoms with Crippen molar-refractivity contribution >= 4 is 16.0 Å². The van der Waals surface area contributed by atoms with Gasteiger partial charge >= 0.3 is 0 Å². The number of nitrogens with one attached hydrogen (secondary N) is 3. The molecule has 8 heteroatoms. The fourth-order valence-corrected chi connectivity index (χ4v) is 3.97. The highest BCUT2D eigenvalue weighted by Crippen LogP contribution is 2.05. The highest BCUT2D eigenvalue weighted by molar-refractivity contribution is 7.89. The molecule has 0 aliphatic rings. The smallest absolute Gasteiger partial charge is 0.213 e. The molecular formula is C21H39N5O2S. The molecule has 0 aliphatic carbocycles. The van der Waals surface area contributed by atoms with Gasteiger partial charge in [0.25, 0.3) is 0 Å². The van der Waals surface area contributed by atoms with Gasteiger partial charge in [0.2, 0.25) is 10.0 Å². The molecule has 0 spiro atoms. The van der Waals surface area contributed by atoms with Crippen LogP contribution >= 0.6 is 0 Å². The summed E-state index contributed by atoms with van der Waals surface area (Å²) in [6, 6.07) is 10.5. The molecule has 0 atom stereocenters. The van der Waals surface area contributed by atoms with Crippen LogP contribution in [0.15, 0.2) is 35.3 Å². The largest absolute Gasteiger partial charge is 0.357 e. The zero-order valence-corrected chi connectivity index (χ0v) is 19.4. The van der Waals surface area contributed by atoms with Gasteiger partial charge in [0.15, 0.2) is 5.96 Å². The lowest BCUT2D eigenvalue weighted by atomic mass is 10.2. The molecule has 166 valence electrons. The summed E-state index contributed by atoms with van der Waals surface area (Å²) in [4.78, 5) is 7.02. The van der Waals surface area contributed by atoms with E-state index in [0.29, 0.717) is 37.7 Å². The molecule has 0 amide bonds. The summed E-state index contributed by atoms with van der Waals surface area (Å²) in [5.74, 6) is 0.657. The predicted octanol–water partition coefficient (Wildman–Crippen LogP) is 2.17. The average molecular weight is 426 g/mol. The number of rotatable bonds is 13. The maximum atomic E-state index is 12.2. The fraction of sp³-hybridized carbons (Fsp3) is 0.667. The number of hydrogen-bond donors (Lipinski definition) is 3. The van der Waals surface area contributed by atoms with Gasteiger partial charge in [-0.1, -0.05) is 30.3 Å². The highest BCUT2D eigenvalue weighted by Gasteiger charge is 2.12. The van der Waals surface area contributed by atoms with Crippen molar-refractivity contribution in [2.45, 2.75) is 59.7 Å². The third-order valence-corrected chi connectivity index (χ3v) is 5.84. The summed E-state index contributed by atoms with van der Waals surface area (Å²) >= 11 is 0. The summed E-state index contributed by atoms with van der Waals surface area (Å²) in [6.45, 7) is 13.9. The zero-order valence-electron chi connectivity index (χ0n) is 18.6. The van der Waals surface area contributed by atoms with Crippen LogP contribution in [0.4, 0.5) is 0 Å². The standard InChI is InChI=1S/C21H39N5O2S/c1-6-22-21(23-13-10-15-26(18(2)3)19(4)5)24-14-16-29(27,28)25-17-20-11-8-7-9-12-20/h7-9,11-12,18-19,25H,6,10,13-17H2,1-5H3,(H2,22,23,24). The molecule has 1 aromatic carbocycles. The lowest BCUT2D eigenvalue weighted by molar-refractivity contribution is 0.174. The van der Waals surface area contributed by atoms with Gasteiger partial charge in [-0.2, -0.15) is 0 Å². The maximum Gasteiger partial charge on any atom is 0.213 e. The summed E-state index contributed by atoms with van der Waals surface area (Å²) < 4.78 is 27.0. The van der Waals surface area contributed by atoms with Crippen molar-refractivity contribution in [3.63, 3.8) is 0 Å². The van der Waals surface area contributed by atoms with E-state index in [4.69, 9.17) is 0 Å². The van der Waals surface area contributed by atoms with Crippen molar-refractivity contribution in [2.24, 2.45) is 4.99 Å². The van der Waals surface area contributed by atoms with Gasteiger partial charge in [-0.3, -0.25) is 9.89 Å². The third-order valence-electron chi connectivity index (χ3n) is 4.52. The Morgan fingerprint density at radius 1 is 1.07 bits per heavy atom. The molecule has 1 aromatic rings. The van der Waals surface area contributed by atoms with Gasteiger partial charge < -0.3 is 10.6 Å². The minimum atomic E-state index is -3.35. The first-order valence-electron chi connectivity index (χ1n) is 10.5. The Bertz CT molecular complexity index is 682. The molecule has 0 saturated carbocycles. The van der Waals surface area contributed by atoms with Crippen molar-refractivity contribution in [2.75, 3.05) is 31.9 Å². The molecule has 7 nitrogen and oxygen atoms in total. The van der Waals surface area contributed by atoms with Gasteiger partial charge in [-0.05, 0) is 46.6 Å². The number of hydrogen-bond acceptors (Lipinski definition) is 4. The Morgan fingerprint density at radius 3 is 2.31 bits per heavy atom. The minimum Gasteiger partial charge on any atom is -0.357 e. The first-order chi connectivity index (χ1) is 13.7. The van der Waals surface area contributed by atoms with Gasteiger partial charge in [0.05, 0.1) is 5.75 Å². The van der Waals surface area contributed by atoms with Crippen LogP contribution in [0.2, 0.25) is 0 Å². The minimum absolute atomic E-state index is 0.00127. The lowest BCUT2D eigenvalue weighted by Crippen LogP contribution is -2.41. The second-order valence-electron chi connectivity index (χ2n) is 7.59. The first-order valence-corrected chi connectivity index (χ1v) is 12.2. The van der Waals surface area contributed by atoms with Gasteiger partial charge in [0, 0.05) is 44.8 Å². The Morgan fingerprint density at radius 2 is 1.72 bits per heavy atom. The quantitative estimate of drug-likeness (QED) is 0.256. The van der Waals surface area contributed by atoms with Crippen LogP contribution in [0.25, 0.3) is 0 Å². The molecule has 0 unspecified atom stereocenters. The van der Waals surface area contributed by atoms with E-state index in [1.54, 1.807) is 0 Å². The number of aliphatic imine (C=N–C) groups is 1. The molecule has 0 fully saturated rings. The number of nitrogens with zero attached hydrogens (tertiary/aromatic N) is 2. The van der Waals surface area contributed by atoms with Gasteiger partial charge in [-0.15, -0.1) is 0 Å². The van der Waals surface area contributed by atoms with Crippen molar-refractivity contribution < 1.29 is 8.42 Å². The number of benzene rings is 1. The van der Waals surface area contributed by atoms with E-state index in [-0.39, 0.29) is 5.75 Å². The molecular weight excluding hydrogens is 386 g/mol. The second-order valence-corrected chi connectivity index (χ2v) is 9.52. The normalized spacial score (nSPS) is 12.8. The highest BCUT2D eigenvalue weighted by atomic mass is 32.2. The van der Waals surface area contributed by atoms with E-state index in [1.165, 1.54) is 0 Å². The summed E-state index contributed by atoms with van der Waals surface area (Å²) in [6.07, 6.45) is 0.962. The maximum absolute atomic E-state index is 12.2. The van der Waals surface area contributed by atoms with Crippen molar-refractivity contribution in [1.82, 2.24) is 20.3 Å². The molecule has 0 bridgehead atoms. The summed E-state index contributed by atoms with van der Waals surface area (Å²) in [5.41, 5.74) is 0.941. The zero-order chi connectivity index (χ0) is 21.7. The first kappa shape index (κ1) is 25.4. The molecule has 29 heavy (non-hydrogen) atoms. The SMILES string of the molecule is CCNC(=NCCCN(C(C)C)C(C)C)NCCS(=O)(=O)NCc1ccccc1. The molecule has 0 aliphatic heterocycles. The fourth-order valence-electron chi connectivity index (χ4n) is 3.06. The summed E-state index contributed by atoms with van der Waals surface area (Å²) in [5, 5.41) is 6.29. The molecule has 0 aromatic heterocycles. The third kappa shape index (κ3) is 11.2. The monoisotopic (exact) mass is 425 g/mol.